The third-order valence-electron chi connectivity index (χ3n) is 5.72. The van der Waals surface area contributed by atoms with Gasteiger partial charge in [0.05, 0.1) is 12.6 Å². The van der Waals surface area contributed by atoms with Crippen LogP contribution in [-0.4, -0.2) is 47.4 Å². The average molecular weight is 501 g/mol. The van der Waals surface area contributed by atoms with Gasteiger partial charge >= 0.3 is 0 Å². The summed E-state index contributed by atoms with van der Waals surface area (Å²) in [5.74, 6) is -0.743. The van der Waals surface area contributed by atoms with Gasteiger partial charge in [-0.1, -0.05) is 29.8 Å². The molecule has 1 aliphatic heterocycles. The molecule has 0 bridgehead atoms. The maximum Gasteiger partial charge on any atom is 0.254 e. The standard InChI is InChI=1S/C26H26ClFN2O3S/c27-21-9-7-20(8-10-21)26(32)30(16-23-3-1-13-33-23)18-25(31)29(17-24-4-2-14-34-24)15-19-5-11-22(28)12-6-19/h2,4-12,14,23H,1,3,13,15-18H2. The number of hydrogen-bond acceptors (Lipinski definition) is 4. The number of amides is 2. The summed E-state index contributed by atoms with van der Waals surface area (Å²) in [5.41, 5.74) is 1.29. The Morgan fingerprint density at radius 2 is 1.79 bits per heavy atom. The first-order valence-electron chi connectivity index (χ1n) is 11.2. The summed E-state index contributed by atoms with van der Waals surface area (Å²) in [6.07, 6.45) is 1.70. The van der Waals surface area contributed by atoms with Crippen LogP contribution in [0.1, 0.15) is 33.6 Å². The van der Waals surface area contributed by atoms with E-state index in [-0.39, 0.29) is 30.3 Å². The maximum atomic E-state index is 13.5. The van der Waals surface area contributed by atoms with Gasteiger partial charge in [0.15, 0.2) is 0 Å². The number of hydrogen-bond donors (Lipinski definition) is 0. The third kappa shape index (κ3) is 6.65. The van der Waals surface area contributed by atoms with E-state index in [0.717, 1.165) is 23.3 Å². The molecular formula is C26H26ClFN2O3S. The maximum absolute atomic E-state index is 13.5. The smallest absolute Gasteiger partial charge is 0.254 e. The van der Waals surface area contributed by atoms with Crippen molar-refractivity contribution in [3.05, 3.63) is 92.9 Å². The van der Waals surface area contributed by atoms with Crippen molar-refractivity contribution in [2.24, 2.45) is 0 Å². The first-order valence-corrected chi connectivity index (χ1v) is 12.4. The number of carbonyl (C=O) groups excluding carboxylic acids is 2. The predicted octanol–water partition coefficient (Wildman–Crippen LogP) is 5.39. The zero-order valence-electron chi connectivity index (χ0n) is 18.7. The van der Waals surface area contributed by atoms with Gasteiger partial charge in [-0.25, -0.2) is 4.39 Å². The highest BCUT2D eigenvalue weighted by atomic mass is 35.5. The molecule has 1 aromatic heterocycles. The molecule has 1 saturated heterocycles. The van der Waals surface area contributed by atoms with Crippen LogP contribution in [0.25, 0.3) is 0 Å². The Balaban J connectivity index is 1.54. The van der Waals surface area contributed by atoms with E-state index in [2.05, 4.69) is 0 Å². The monoisotopic (exact) mass is 500 g/mol. The van der Waals surface area contributed by atoms with E-state index in [1.54, 1.807) is 57.5 Å². The number of carbonyl (C=O) groups is 2. The van der Waals surface area contributed by atoms with Crippen molar-refractivity contribution in [2.75, 3.05) is 19.7 Å². The Bertz CT molecular complexity index is 1080. The summed E-state index contributed by atoms with van der Waals surface area (Å²) < 4.78 is 19.1. The number of ether oxygens (including phenoxy) is 1. The van der Waals surface area contributed by atoms with Gasteiger partial charge in [0, 0.05) is 35.2 Å². The van der Waals surface area contributed by atoms with Crippen LogP contribution in [0, 0.1) is 5.82 Å². The van der Waals surface area contributed by atoms with Crippen molar-refractivity contribution < 1.29 is 18.7 Å². The van der Waals surface area contributed by atoms with Gasteiger partial charge in [0.2, 0.25) is 5.91 Å². The zero-order chi connectivity index (χ0) is 23.9. The molecule has 5 nitrogen and oxygen atoms in total. The molecule has 1 fully saturated rings. The lowest BCUT2D eigenvalue weighted by Crippen LogP contribution is -2.45. The zero-order valence-corrected chi connectivity index (χ0v) is 20.2. The molecule has 0 radical (unpaired) electrons. The molecule has 2 amide bonds. The Hall–Kier alpha value is -2.74. The molecule has 0 spiro atoms. The molecule has 0 saturated carbocycles. The molecule has 3 aromatic rings. The number of benzene rings is 2. The second-order valence-corrected chi connectivity index (χ2v) is 9.75. The predicted molar refractivity (Wildman–Crippen MR) is 131 cm³/mol. The van der Waals surface area contributed by atoms with Crippen molar-refractivity contribution >= 4 is 34.8 Å². The molecule has 1 atom stereocenters. The molecule has 1 unspecified atom stereocenters. The molecule has 2 heterocycles. The number of nitrogens with zero attached hydrogens (tertiary/aromatic N) is 2. The number of thiophene rings is 1. The first kappa shape index (κ1) is 24.4. The molecule has 34 heavy (non-hydrogen) atoms. The number of rotatable bonds is 9. The molecule has 0 aliphatic carbocycles. The van der Waals surface area contributed by atoms with E-state index in [1.807, 2.05) is 17.5 Å². The minimum absolute atomic E-state index is 0.0755. The number of halogens is 2. The van der Waals surface area contributed by atoms with Crippen LogP contribution in [0.15, 0.2) is 66.0 Å². The molecule has 2 aromatic carbocycles. The van der Waals surface area contributed by atoms with Crippen LogP contribution in [0.2, 0.25) is 5.02 Å². The van der Waals surface area contributed by atoms with Gasteiger partial charge < -0.3 is 14.5 Å². The normalized spacial score (nSPS) is 15.3. The molecule has 4 rings (SSSR count). The van der Waals surface area contributed by atoms with E-state index >= 15 is 0 Å². The van der Waals surface area contributed by atoms with Crippen LogP contribution in [0.4, 0.5) is 4.39 Å². The van der Waals surface area contributed by atoms with Crippen molar-refractivity contribution in [3.8, 4) is 0 Å². The van der Waals surface area contributed by atoms with E-state index < -0.39 is 0 Å². The van der Waals surface area contributed by atoms with Crippen molar-refractivity contribution in [1.82, 2.24) is 9.80 Å². The Kier molecular flexibility index (Phi) is 8.32. The summed E-state index contributed by atoms with van der Waals surface area (Å²) >= 11 is 7.55. The van der Waals surface area contributed by atoms with Gasteiger partial charge in [-0.2, -0.15) is 0 Å². The minimum atomic E-state index is -0.323. The lowest BCUT2D eigenvalue weighted by molar-refractivity contribution is -0.133. The Labute approximate surface area is 207 Å². The summed E-state index contributed by atoms with van der Waals surface area (Å²) in [4.78, 5) is 31.1. The molecule has 0 N–H and O–H groups in total. The molecule has 1 aliphatic rings. The average Bonchev–Trinajstić information content (AvgIpc) is 3.54. The molecule has 8 heteroatoms. The van der Waals surface area contributed by atoms with Crippen LogP contribution < -0.4 is 0 Å². The summed E-state index contributed by atoms with van der Waals surface area (Å²) in [6, 6.07) is 16.7. The van der Waals surface area contributed by atoms with Crippen LogP contribution in [-0.2, 0) is 22.6 Å². The fraction of sp³-hybridized carbons (Fsp3) is 0.308. The SMILES string of the molecule is O=C(CN(CC1CCCO1)C(=O)c1ccc(Cl)cc1)N(Cc1ccc(F)cc1)Cc1cccs1. The Morgan fingerprint density at radius 1 is 1.03 bits per heavy atom. The highest BCUT2D eigenvalue weighted by Gasteiger charge is 2.27. The van der Waals surface area contributed by atoms with E-state index in [4.69, 9.17) is 16.3 Å². The van der Waals surface area contributed by atoms with Crippen molar-refractivity contribution in [1.29, 1.82) is 0 Å². The first-order chi connectivity index (χ1) is 16.5. The van der Waals surface area contributed by atoms with E-state index in [9.17, 15) is 14.0 Å². The molecule has 178 valence electrons. The van der Waals surface area contributed by atoms with E-state index in [1.165, 1.54) is 12.1 Å². The van der Waals surface area contributed by atoms with Crippen LogP contribution in [0.5, 0.6) is 0 Å². The van der Waals surface area contributed by atoms with Crippen LogP contribution >= 0.6 is 22.9 Å². The topological polar surface area (TPSA) is 49.9 Å². The Morgan fingerprint density at radius 3 is 2.44 bits per heavy atom. The third-order valence-corrected chi connectivity index (χ3v) is 6.83. The van der Waals surface area contributed by atoms with Gasteiger partial charge in [0.25, 0.3) is 5.91 Å². The van der Waals surface area contributed by atoms with Gasteiger partial charge in [-0.15, -0.1) is 11.3 Å². The van der Waals surface area contributed by atoms with Gasteiger partial charge in [-0.3, -0.25) is 9.59 Å². The lowest BCUT2D eigenvalue weighted by Gasteiger charge is -2.29. The fourth-order valence-electron chi connectivity index (χ4n) is 3.92. The second-order valence-electron chi connectivity index (χ2n) is 8.28. The van der Waals surface area contributed by atoms with Gasteiger partial charge in [-0.05, 0) is 66.2 Å². The lowest BCUT2D eigenvalue weighted by atomic mass is 10.1. The van der Waals surface area contributed by atoms with Crippen molar-refractivity contribution in [2.45, 2.75) is 32.0 Å². The van der Waals surface area contributed by atoms with Crippen molar-refractivity contribution in [3.63, 3.8) is 0 Å². The summed E-state index contributed by atoms with van der Waals surface area (Å²) in [5, 5.41) is 2.50. The molecular weight excluding hydrogens is 475 g/mol. The highest BCUT2D eigenvalue weighted by molar-refractivity contribution is 7.09. The van der Waals surface area contributed by atoms with E-state index in [0.29, 0.717) is 36.8 Å². The minimum Gasteiger partial charge on any atom is -0.376 e. The fourth-order valence-corrected chi connectivity index (χ4v) is 4.77. The summed E-state index contributed by atoms with van der Waals surface area (Å²) in [7, 11) is 0. The highest BCUT2D eigenvalue weighted by Crippen LogP contribution is 2.19. The van der Waals surface area contributed by atoms with Gasteiger partial charge in [0.1, 0.15) is 12.4 Å². The second kappa shape index (κ2) is 11.6. The van der Waals surface area contributed by atoms with Crippen LogP contribution in [0.3, 0.4) is 0 Å². The quantitative estimate of drug-likeness (QED) is 0.396. The largest absolute Gasteiger partial charge is 0.376 e. The summed E-state index contributed by atoms with van der Waals surface area (Å²) in [6.45, 7) is 1.66.